The molecule has 0 heterocycles. The van der Waals surface area contributed by atoms with Crippen LogP contribution < -0.4 is 0 Å². The van der Waals surface area contributed by atoms with Gasteiger partial charge in [-0.2, -0.15) is 0 Å². The lowest BCUT2D eigenvalue weighted by molar-refractivity contribution is -0.141. The van der Waals surface area contributed by atoms with Crippen molar-refractivity contribution in [3.8, 4) is 11.5 Å². The topological polar surface area (TPSA) is 115 Å². The van der Waals surface area contributed by atoms with Crippen LogP contribution in [0.5, 0.6) is 11.5 Å². The monoisotopic (exact) mass is 414 g/mol. The molecule has 30 heavy (non-hydrogen) atoms. The maximum atomic E-state index is 11.6. The van der Waals surface area contributed by atoms with Gasteiger partial charge in [0.05, 0.1) is 0 Å². The molecule has 0 bridgehead atoms. The number of phenols is 2. The van der Waals surface area contributed by atoms with Gasteiger partial charge in [-0.3, -0.25) is 9.59 Å². The van der Waals surface area contributed by atoms with E-state index in [0.29, 0.717) is 35.1 Å². The first-order valence-electron chi connectivity index (χ1n) is 9.99. The summed E-state index contributed by atoms with van der Waals surface area (Å²) in [7, 11) is 0. The van der Waals surface area contributed by atoms with Crippen molar-refractivity contribution in [3.05, 3.63) is 57.6 Å². The molecule has 2 aromatic carbocycles. The second kappa shape index (κ2) is 9.65. The molecule has 0 aliphatic carbocycles. The Morgan fingerprint density at radius 2 is 0.933 bits per heavy atom. The van der Waals surface area contributed by atoms with E-state index in [1.165, 1.54) is 0 Å². The van der Waals surface area contributed by atoms with E-state index >= 15 is 0 Å². The van der Waals surface area contributed by atoms with Gasteiger partial charge >= 0.3 is 11.9 Å². The summed E-state index contributed by atoms with van der Waals surface area (Å²) >= 11 is 0. The van der Waals surface area contributed by atoms with Crippen molar-refractivity contribution in [2.75, 3.05) is 0 Å². The molecule has 162 valence electrons. The first-order valence-corrected chi connectivity index (χ1v) is 9.99. The zero-order valence-corrected chi connectivity index (χ0v) is 17.9. The fourth-order valence-electron chi connectivity index (χ4n) is 4.19. The Morgan fingerprint density at radius 1 is 0.667 bits per heavy atom. The molecular weight excluding hydrogens is 384 g/mol. The number of aromatic hydroxyl groups is 2. The average Bonchev–Trinajstić information content (AvgIpc) is 2.62. The number of rotatable bonds is 9. The molecule has 0 spiro atoms. The largest absolute Gasteiger partial charge is 0.507 e. The second-order valence-corrected chi connectivity index (χ2v) is 8.28. The molecule has 0 saturated heterocycles. The number of hydrogen-bond acceptors (Lipinski definition) is 4. The molecule has 2 rings (SSSR count). The maximum Gasteiger partial charge on any atom is 0.303 e. The van der Waals surface area contributed by atoms with Crippen molar-refractivity contribution in [1.29, 1.82) is 0 Å². The van der Waals surface area contributed by atoms with Gasteiger partial charge in [-0.05, 0) is 85.8 Å². The maximum absolute atomic E-state index is 11.6. The van der Waals surface area contributed by atoms with Crippen LogP contribution in [0.1, 0.15) is 46.2 Å². The Morgan fingerprint density at radius 3 is 1.17 bits per heavy atom. The van der Waals surface area contributed by atoms with Gasteiger partial charge in [0.15, 0.2) is 0 Å². The van der Waals surface area contributed by atoms with Crippen LogP contribution in [-0.4, -0.2) is 32.4 Å². The highest BCUT2D eigenvalue weighted by Gasteiger charge is 2.27. The minimum absolute atomic E-state index is 0.146. The smallest absolute Gasteiger partial charge is 0.303 e. The number of aryl methyl sites for hydroxylation is 4. The summed E-state index contributed by atoms with van der Waals surface area (Å²) in [6, 6.07) is 7.29. The molecule has 0 saturated carbocycles. The number of benzene rings is 2. The summed E-state index contributed by atoms with van der Waals surface area (Å²) in [6.45, 7) is 7.15. The Hall–Kier alpha value is -3.02. The summed E-state index contributed by atoms with van der Waals surface area (Å²) in [5.74, 6) is -2.30. The Kier molecular flexibility index (Phi) is 7.48. The molecule has 2 atom stereocenters. The summed E-state index contributed by atoms with van der Waals surface area (Å²) in [5.41, 5.74) is 4.58. The van der Waals surface area contributed by atoms with Gasteiger partial charge in [0.1, 0.15) is 11.5 Å². The lowest BCUT2D eigenvalue weighted by Gasteiger charge is -2.26. The zero-order chi connectivity index (χ0) is 22.6. The highest BCUT2D eigenvalue weighted by atomic mass is 16.4. The fourth-order valence-corrected chi connectivity index (χ4v) is 4.19. The summed E-state index contributed by atoms with van der Waals surface area (Å²) < 4.78 is 0. The molecular formula is C24H30O6. The van der Waals surface area contributed by atoms with Gasteiger partial charge in [0.2, 0.25) is 0 Å². The first kappa shape index (κ1) is 23.3. The molecule has 0 amide bonds. The van der Waals surface area contributed by atoms with Crippen molar-refractivity contribution < 1.29 is 30.0 Å². The highest BCUT2D eigenvalue weighted by Crippen LogP contribution is 2.32. The number of aliphatic carboxylic acids is 2. The van der Waals surface area contributed by atoms with Crippen LogP contribution in [0.3, 0.4) is 0 Å². The zero-order valence-electron chi connectivity index (χ0n) is 17.9. The fraction of sp³-hybridized carbons (Fsp3) is 0.417. The summed E-state index contributed by atoms with van der Waals surface area (Å²) in [6.07, 6.45) is 0.518. The van der Waals surface area contributed by atoms with E-state index in [0.717, 1.165) is 11.1 Å². The third-order valence-electron chi connectivity index (χ3n) is 5.64. The van der Waals surface area contributed by atoms with Crippen molar-refractivity contribution in [2.24, 2.45) is 11.8 Å². The summed E-state index contributed by atoms with van der Waals surface area (Å²) in [5, 5.41) is 39.0. The molecule has 0 aliphatic rings. The standard InChI is InChI=1S/C24H30O6/c1-13-5-17(6-14(2)23(13)29)9-19(11-21(25)26)20(12-22(27)28)10-18-7-15(3)24(30)16(4)8-18/h5-8,19-20,29-30H,9-12H2,1-4H3,(H,25,26)(H,27,28). The quantitative estimate of drug-likeness (QED) is 0.486. The van der Waals surface area contributed by atoms with Gasteiger partial charge < -0.3 is 20.4 Å². The van der Waals surface area contributed by atoms with E-state index in [2.05, 4.69) is 0 Å². The highest BCUT2D eigenvalue weighted by molar-refractivity contribution is 5.69. The molecule has 0 aliphatic heterocycles. The van der Waals surface area contributed by atoms with E-state index < -0.39 is 23.8 Å². The van der Waals surface area contributed by atoms with Crippen LogP contribution in [0.2, 0.25) is 0 Å². The molecule has 2 aromatic rings. The number of carboxylic acids is 2. The predicted molar refractivity (Wildman–Crippen MR) is 114 cm³/mol. The summed E-state index contributed by atoms with van der Waals surface area (Å²) in [4.78, 5) is 23.1. The Labute approximate surface area is 176 Å². The molecule has 0 aromatic heterocycles. The lowest BCUT2D eigenvalue weighted by Crippen LogP contribution is -2.25. The molecule has 6 nitrogen and oxygen atoms in total. The van der Waals surface area contributed by atoms with E-state index in [1.54, 1.807) is 27.7 Å². The van der Waals surface area contributed by atoms with E-state index in [9.17, 15) is 30.0 Å². The van der Waals surface area contributed by atoms with Crippen LogP contribution in [0.4, 0.5) is 0 Å². The van der Waals surface area contributed by atoms with Crippen LogP contribution in [0.25, 0.3) is 0 Å². The van der Waals surface area contributed by atoms with Gasteiger partial charge in [0.25, 0.3) is 0 Å². The van der Waals surface area contributed by atoms with Crippen LogP contribution in [0.15, 0.2) is 24.3 Å². The van der Waals surface area contributed by atoms with E-state index in [4.69, 9.17) is 0 Å². The lowest BCUT2D eigenvalue weighted by atomic mass is 9.78. The Bertz CT molecular complexity index is 823. The number of phenolic OH excluding ortho intramolecular Hbond substituents is 2. The van der Waals surface area contributed by atoms with Crippen LogP contribution in [-0.2, 0) is 22.4 Å². The van der Waals surface area contributed by atoms with Crippen LogP contribution >= 0.6 is 0 Å². The molecule has 0 fully saturated rings. The van der Waals surface area contributed by atoms with Crippen LogP contribution in [0, 0.1) is 39.5 Å². The molecule has 0 radical (unpaired) electrons. The third-order valence-corrected chi connectivity index (χ3v) is 5.64. The van der Waals surface area contributed by atoms with Crippen molar-refractivity contribution in [3.63, 3.8) is 0 Å². The minimum Gasteiger partial charge on any atom is -0.507 e. The van der Waals surface area contributed by atoms with Crippen molar-refractivity contribution >= 4 is 11.9 Å². The van der Waals surface area contributed by atoms with Crippen molar-refractivity contribution in [2.45, 2.75) is 53.4 Å². The van der Waals surface area contributed by atoms with E-state index in [1.807, 2.05) is 24.3 Å². The van der Waals surface area contributed by atoms with Gasteiger partial charge in [-0.15, -0.1) is 0 Å². The van der Waals surface area contributed by atoms with E-state index in [-0.39, 0.29) is 24.3 Å². The Balaban J connectivity index is 2.39. The predicted octanol–water partition coefficient (Wildman–Crippen LogP) is 4.30. The minimum atomic E-state index is -0.972. The van der Waals surface area contributed by atoms with Gasteiger partial charge in [0, 0.05) is 12.8 Å². The third kappa shape index (κ3) is 5.99. The van der Waals surface area contributed by atoms with Crippen molar-refractivity contribution in [1.82, 2.24) is 0 Å². The average molecular weight is 414 g/mol. The first-order chi connectivity index (χ1) is 14.0. The SMILES string of the molecule is Cc1cc(CC(CC(=O)O)C(CC(=O)O)Cc2cc(C)c(O)c(C)c2)cc(C)c1O. The van der Waals surface area contributed by atoms with Gasteiger partial charge in [-0.25, -0.2) is 0 Å². The number of hydrogen-bond donors (Lipinski definition) is 4. The number of carboxylic acid groups (broad SMARTS) is 2. The number of carbonyl (C=O) groups is 2. The molecule has 2 unspecified atom stereocenters. The molecule has 4 N–H and O–H groups in total. The van der Waals surface area contributed by atoms with Gasteiger partial charge in [-0.1, -0.05) is 24.3 Å². The second-order valence-electron chi connectivity index (χ2n) is 8.28. The molecule has 6 heteroatoms. The normalized spacial score (nSPS) is 13.1.